The van der Waals surface area contributed by atoms with Crippen molar-refractivity contribution < 1.29 is 4.79 Å². The number of hydrogen-bond acceptors (Lipinski definition) is 1. The van der Waals surface area contributed by atoms with Crippen molar-refractivity contribution in [2.24, 2.45) is 34.5 Å². The Morgan fingerprint density at radius 2 is 1.10 bits per heavy atom. The molecule has 3 heteroatoms. The van der Waals surface area contributed by atoms with E-state index in [9.17, 15) is 4.79 Å². The first-order valence-corrected chi connectivity index (χ1v) is 14.6. The van der Waals surface area contributed by atoms with Crippen LogP contribution in [-0.4, -0.2) is 10.1 Å². The number of alkyl halides is 2. The lowest BCUT2D eigenvalue weighted by atomic mass is 9.42. The summed E-state index contributed by atoms with van der Waals surface area (Å²) < 4.78 is -0.824. The summed E-state index contributed by atoms with van der Waals surface area (Å²) in [4.78, 5) is 13.7. The Bertz CT molecular complexity index is 603. The number of Topliss-reactive ketones (excluding diaryl/α,β-unsaturated/α-hetero) is 1. The van der Waals surface area contributed by atoms with Crippen LogP contribution < -0.4 is 0 Å². The maximum absolute atomic E-state index is 13.7. The number of hydrogen-bond donors (Lipinski definition) is 0. The van der Waals surface area contributed by atoms with Gasteiger partial charge in [-0.1, -0.05) is 88.4 Å². The molecule has 4 rings (SSSR count). The molecule has 4 saturated carbocycles. The fourth-order valence-electron chi connectivity index (χ4n) is 8.22. The molecular weight excluding hydrogens is 423 g/mol. The highest BCUT2D eigenvalue weighted by molar-refractivity contribution is 6.55. The lowest BCUT2D eigenvalue weighted by Gasteiger charge is -2.67. The third-order valence-electron chi connectivity index (χ3n) is 10.4. The third-order valence-corrected chi connectivity index (χ3v) is 11.9. The fourth-order valence-corrected chi connectivity index (χ4v) is 9.32. The first kappa shape index (κ1) is 24.4. The lowest BCUT2D eigenvalue weighted by Crippen LogP contribution is -2.74. The second-order valence-electron chi connectivity index (χ2n) is 11.9. The molecular formula is C28H46Cl2O. The van der Waals surface area contributed by atoms with E-state index >= 15 is 0 Å². The van der Waals surface area contributed by atoms with Crippen molar-refractivity contribution in [2.45, 2.75) is 134 Å². The fraction of sp³-hybridized carbons (Fsp3) is 0.964. The van der Waals surface area contributed by atoms with Crippen molar-refractivity contribution in [2.75, 3.05) is 0 Å². The highest BCUT2D eigenvalue weighted by Gasteiger charge is 2.79. The lowest BCUT2D eigenvalue weighted by molar-refractivity contribution is -0.173. The number of unbranched alkanes of at least 4 members (excludes halogenated alkanes) is 2. The van der Waals surface area contributed by atoms with Crippen LogP contribution >= 0.6 is 23.2 Å². The van der Waals surface area contributed by atoms with E-state index in [1.807, 2.05) is 0 Å². The molecule has 4 aliphatic rings. The number of carbonyl (C=O) groups is 1. The van der Waals surface area contributed by atoms with Gasteiger partial charge in [-0.15, -0.1) is 0 Å². The predicted molar refractivity (Wildman–Crippen MR) is 133 cm³/mol. The molecule has 0 unspecified atom stereocenters. The molecule has 0 atom stereocenters. The zero-order valence-corrected chi connectivity index (χ0v) is 21.7. The molecule has 0 N–H and O–H groups in total. The molecule has 178 valence electrons. The molecule has 0 amide bonds. The van der Waals surface area contributed by atoms with Gasteiger partial charge in [-0.3, -0.25) is 4.79 Å². The minimum absolute atomic E-state index is 0.428. The van der Waals surface area contributed by atoms with E-state index in [0.29, 0.717) is 5.78 Å². The van der Waals surface area contributed by atoms with Gasteiger partial charge >= 0.3 is 0 Å². The minimum atomic E-state index is -0.824. The van der Waals surface area contributed by atoms with Crippen LogP contribution in [0, 0.1) is 34.5 Å². The first-order chi connectivity index (χ1) is 14.9. The monoisotopic (exact) mass is 468 g/mol. The summed E-state index contributed by atoms with van der Waals surface area (Å²) >= 11 is 14.3. The zero-order valence-electron chi connectivity index (χ0n) is 20.2. The molecule has 0 saturated heterocycles. The summed E-state index contributed by atoms with van der Waals surface area (Å²) in [5, 5.41) is 0. The largest absolute Gasteiger partial charge is 0.298 e. The van der Waals surface area contributed by atoms with Crippen molar-refractivity contribution in [3.63, 3.8) is 0 Å². The molecule has 0 aliphatic heterocycles. The Kier molecular flexibility index (Phi) is 7.75. The summed E-state index contributed by atoms with van der Waals surface area (Å²) in [6.07, 6.45) is 22.1. The summed E-state index contributed by atoms with van der Waals surface area (Å²) in [6, 6.07) is 0. The molecule has 2 spiro atoms. The summed E-state index contributed by atoms with van der Waals surface area (Å²) in [7, 11) is 0. The van der Waals surface area contributed by atoms with Crippen molar-refractivity contribution in [3.05, 3.63) is 0 Å². The number of halogens is 2. The molecule has 1 nitrogen and oxygen atoms in total. The van der Waals surface area contributed by atoms with Crippen LogP contribution in [0.3, 0.4) is 0 Å². The van der Waals surface area contributed by atoms with E-state index in [0.717, 1.165) is 62.2 Å². The smallest absolute Gasteiger partial charge is 0.151 e. The number of rotatable bonds is 7. The molecule has 0 radical (unpaired) electrons. The van der Waals surface area contributed by atoms with Crippen molar-refractivity contribution in [3.8, 4) is 0 Å². The van der Waals surface area contributed by atoms with E-state index in [1.54, 1.807) is 0 Å². The summed E-state index contributed by atoms with van der Waals surface area (Å²) in [5.41, 5.74) is -0.857. The van der Waals surface area contributed by atoms with Crippen molar-refractivity contribution in [1.29, 1.82) is 0 Å². The van der Waals surface area contributed by atoms with Crippen molar-refractivity contribution >= 4 is 29.0 Å². The highest BCUT2D eigenvalue weighted by Crippen LogP contribution is 2.74. The van der Waals surface area contributed by atoms with E-state index in [2.05, 4.69) is 13.8 Å². The molecule has 4 aliphatic carbocycles. The second-order valence-corrected chi connectivity index (χ2v) is 13.2. The van der Waals surface area contributed by atoms with Gasteiger partial charge in [-0.2, -0.15) is 0 Å². The molecule has 0 aromatic carbocycles. The minimum Gasteiger partial charge on any atom is -0.298 e. The van der Waals surface area contributed by atoms with E-state index < -0.39 is 15.2 Å². The van der Waals surface area contributed by atoms with Gasteiger partial charge in [-0.25, -0.2) is 0 Å². The van der Waals surface area contributed by atoms with Gasteiger partial charge in [0, 0.05) is 0 Å². The number of carbonyl (C=O) groups excluding carboxylic acids is 1. The molecule has 0 heterocycles. The zero-order chi connectivity index (χ0) is 22.1. The maximum atomic E-state index is 13.7. The Hall–Kier alpha value is 0.250. The topological polar surface area (TPSA) is 17.1 Å². The first-order valence-electron chi connectivity index (χ1n) is 13.8. The maximum Gasteiger partial charge on any atom is 0.151 e. The van der Waals surface area contributed by atoms with Gasteiger partial charge in [0.25, 0.3) is 0 Å². The molecule has 31 heavy (non-hydrogen) atoms. The Morgan fingerprint density at radius 1 is 0.677 bits per heavy atom. The van der Waals surface area contributed by atoms with Crippen LogP contribution in [0.5, 0.6) is 0 Å². The van der Waals surface area contributed by atoms with Crippen LogP contribution in [0.1, 0.15) is 129 Å². The number of ketones is 1. The quantitative estimate of drug-likeness (QED) is 0.340. The van der Waals surface area contributed by atoms with E-state index in [1.165, 1.54) is 77.0 Å². The average Bonchev–Trinajstić information content (AvgIpc) is 2.81. The SMILES string of the molecule is CCCCC1CCC(C2CCC3(CC2)C(=O)C2(CCC(CCCC)CC2)C3(Cl)Cl)CC1. The highest BCUT2D eigenvalue weighted by atomic mass is 35.5. The summed E-state index contributed by atoms with van der Waals surface area (Å²) in [5.74, 6) is 3.90. The predicted octanol–water partition coefficient (Wildman–Crippen LogP) is 9.28. The Labute approximate surface area is 201 Å². The van der Waals surface area contributed by atoms with E-state index in [-0.39, 0.29) is 0 Å². The molecule has 0 aromatic heterocycles. The average molecular weight is 470 g/mol. The van der Waals surface area contributed by atoms with Crippen LogP contribution in [0.15, 0.2) is 0 Å². The van der Waals surface area contributed by atoms with Crippen LogP contribution in [0.2, 0.25) is 0 Å². The van der Waals surface area contributed by atoms with E-state index in [4.69, 9.17) is 23.2 Å². The normalized spacial score (nSPS) is 42.6. The standard InChI is InChI=1S/C28H46Cl2O/c1-3-5-7-21-9-11-23(12-10-21)24-15-19-27(20-16-24)25(31)26(28(27,29)30)17-13-22(14-18-26)8-6-4-2/h21-24H,3-20H2,1-2H3. The van der Waals surface area contributed by atoms with Gasteiger partial charge in [0.05, 0.1) is 10.8 Å². The Balaban J connectivity index is 1.31. The van der Waals surface area contributed by atoms with Crippen molar-refractivity contribution in [1.82, 2.24) is 0 Å². The van der Waals surface area contributed by atoms with Gasteiger partial charge in [0.2, 0.25) is 0 Å². The van der Waals surface area contributed by atoms with Crippen LogP contribution in [0.25, 0.3) is 0 Å². The van der Waals surface area contributed by atoms with Crippen LogP contribution in [0.4, 0.5) is 0 Å². The van der Waals surface area contributed by atoms with Gasteiger partial charge in [0.1, 0.15) is 4.33 Å². The molecule has 4 fully saturated rings. The van der Waals surface area contributed by atoms with Gasteiger partial charge in [-0.05, 0) is 87.9 Å². The summed E-state index contributed by atoms with van der Waals surface area (Å²) in [6.45, 7) is 4.57. The van der Waals surface area contributed by atoms with Gasteiger partial charge < -0.3 is 0 Å². The molecule has 0 bridgehead atoms. The van der Waals surface area contributed by atoms with Crippen LogP contribution in [-0.2, 0) is 4.79 Å². The third kappa shape index (κ3) is 4.15. The molecule has 0 aromatic rings. The second kappa shape index (κ2) is 9.85. The Morgan fingerprint density at radius 3 is 1.55 bits per heavy atom. The van der Waals surface area contributed by atoms with Gasteiger partial charge in [0.15, 0.2) is 5.78 Å².